The maximum absolute atomic E-state index is 14.4. The highest BCUT2D eigenvalue weighted by Gasteiger charge is 2.33. The number of rotatable bonds is 10. The van der Waals surface area contributed by atoms with Gasteiger partial charge in [0.15, 0.2) is 5.82 Å². The Hall–Kier alpha value is -3.63. The molecule has 2 aliphatic rings. The minimum absolute atomic E-state index is 0.0831. The van der Waals surface area contributed by atoms with Crippen LogP contribution in [0.25, 0.3) is 5.69 Å². The number of benzene rings is 2. The van der Waals surface area contributed by atoms with Crippen molar-refractivity contribution in [1.29, 1.82) is 0 Å². The second kappa shape index (κ2) is 13.6. The predicted molar refractivity (Wildman–Crippen MR) is 167 cm³/mol. The zero-order valence-electron chi connectivity index (χ0n) is 26.1. The third kappa shape index (κ3) is 7.53. The highest BCUT2D eigenvalue weighted by atomic mass is 19.1. The first-order valence-corrected chi connectivity index (χ1v) is 15.7. The van der Waals surface area contributed by atoms with Gasteiger partial charge in [-0.3, -0.25) is 9.59 Å². The van der Waals surface area contributed by atoms with Gasteiger partial charge in [-0.2, -0.15) is 0 Å². The van der Waals surface area contributed by atoms with Crippen LogP contribution in [0.15, 0.2) is 48.9 Å². The summed E-state index contributed by atoms with van der Waals surface area (Å²) in [6.45, 7) is 9.99. The van der Waals surface area contributed by atoms with Crippen LogP contribution in [0, 0.1) is 17.0 Å². The fourth-order valence-corrected chi connectivity index (χ4v) is 6.28. The zero-order valence-corrected chi connectivity index (χ0v) is 26.1. The molecular weight excluding hydrogens is 562 g/mol. The quantitative estimate of drug-likeness (QED) is 0.297. The minimum Gasteiger partial charge on any atom is -0.341 e. The van der Waals surface area contributed by atoms with Gasteiger partial charge >= 0.3 is 0 Å². The predicted octanol–water partition coefficient (Wildman–Crippen LogP) is 5.14. The van der Waals surface area contributed by atoms with E-state index in [1.54, 1.807) is 12.5 Å². The molecule has 1 aromatic heterocycles. The molecule has 44 heavy (non-hydrogen) atoms. The Morgan fingerprint density at radius 1 is 1.11 bits per heavy atom. The second-order valence-corrected chi connectivity index (χ2v) is 13.1. The molecule has 10 heteroatoms. The minimum atomic E-state index is -0.552. The lowest BCUT2D eigenvalue weighted by Crippen LogP contribution is -2.48. The fraction of sp³-hybridized carbons (Fsp3) is 0.500. The Bertz CT molecular complexity index is 1480. The third-order valence-corrected chi connectivity index (χ3v) is 8.60. The third-order valence-electron chi connectivity index (χ3n) is 8.60. The average molecular weight is 607 g/mol. The molecule has 3 atom stereocenters. The highest BCUT2D eigenvalue weighted by molar-refractivity contribution is 5.94. The van der Waals surface area contributed by atoms with E-state index in [2.05, 4.69) is 27.0 Å². The monoisotopic (exact) mass is 606 g/mol. The van der Waals surface area contributed by atoms with Gasteiger partial charge in [0.05, 0.1) is 17.9 Å². The summed E-state index contributed by atoms with van der Waals surface area (Å²) in [5.74, 6) is -0.633. The van der Waals surface area contributed by atoms with E-state index in [1.165, 1.54) is 6.07 Å². The molecule has 2 unspecified atom stereocenters. The number of para-hydroxylation sites is 1. The van der Waals surface area contributed by atoms with Gasteiger partial charge in [0.25, 0.3) is 0 Å². The first-order valence-electron chi connectivity index (χ1n) is 15.7. The summed E-state index contributed by atoms with van der Waals surface area (Å²) in [4.78, 5) is 32.4. The maximum Gasteiger partial charge on any atom is 0.242 e. The molecule has 1 aliphatic carbocycles. The van der Waals surface area contributed by atoms with Crippen molar-refractivity contribution in [3.63, 3.8) is 0 Å². The Morgan fingerprint density at radius 3 is 2.68 bits per heavy atom. The summed E-state index contributed by atoms with van der Waals surface area (Å²) in [5.41, 5.74) is 2.89. The highest BCUT2D eigenvalue weighted by Crippen LogP contribution is 2.26. The van der Waals surface area contributed by atoms with E-state index in [0.717, 1.165) is 36.7 Å². The first kappa shape index (κ1) is 31.8. The van der Waals surface area contributed by atoms with Crippen LogP contribution in [0.5, 0.6) is 0 Å². The van der Waals surface area contributed by atoms with Crippen molar-refractivity contribution in [1.82, 2.24) is 25.1 Å². The van der Waals surface area contributed by atoms with Crippen LogP contribution < -0.4 is 16.0 Å². The van der Waals surface area contributed by atoms with E-state index in [1.807, 2.05) is 55.4 Å². The Labute approximate surface area is 258 Å². The Balaban J connectivity index is 1.19. The molecule has 2 heterocycles. The number of aryl methyl sites for hydroxylation is 1. The van der Waals surface area contributed by atoms with Crippen LogP contribution in [0.1, 0.15) is 70.1 Å². The van der Waals surface area contributed by atoms with Crippen molar-refractivity contribution < 1.29 is 18.4 Å². The van der Waals surface area contributed by atoms with E-state index in [0.29, 0.717) is 55.7 Å². The number of carbonyl (C=O) groups excluding carboxylic acids is 2. The van der Waals surface area contributed by atoms with Crippen molar-refractivity contribution in [2.75, 3.05) is 18.4 Å². The van der Waals surface area contributed by atoms with Gasteiger partial charge in [-0.25, -0.2) is 13.8 Å². The fourth-order valence-electron chi connectivity index (χ4n) is 6.28. The van der Waals surface area contributed by atoms with Crippen LogP contribution in [-0.4, -0.2) is 57.5 Å². The van der Waals surface area contributed by atoms with Gasteiger partial charge in [-0.15, -0.1) is 0 Å². The molecule has 1 saturated heterocycles. The first-order chi connectivity index (χ1) is 21.0. The van der Waals surface area contributed by atoms with Crippen molar-refractivity contribution in [2.24, 2.45) is 5.41 Å². The average Bonchev–Trinajstić information content (AvgIpc) is 3.65. The van der Waals surface area contributed by atoms with Gasteiger partial charge in [-0.1, -0.05) is 52.3 Å². The van der Waals surface area contributed by atoms with Gasteiger partial charge in [0, 0.05) is 43.2 Å². The molecule has 236 valence electrons. The number of nitrogens with zero attached hydrogens (tertiary/aromatic N) is 3. The molecule has 2 amide bonds. The number of halogens is 2. The number of anilines is 1. The normalized spacial score (nSPS) is 19.1. The number of likely N-dealkylation sites (tertiary alicyclic amines) is 1. The Morgan fingerprint density at radius 2 is 1.91 bits per heavy atom. The number of imidazole rings is 1. The molecule has 3 N–H and O–H groups in total. The van der Waals surface area contributed by atoms with Gasteiger partial charge in [0.1, 0.15) is 18.0 Å². The van der Waals surface area contributed by atoms with Crippen molar-refractivity contribution in [3.8, 4) is 5.69 Å². The lowest BCUT2D eigenvalue weighted by atomic mass is 9.87. The van der Waals surface area contributed by atoms with Crippen molar-refractivity contribution in [3.05, 3.63) is 77.2 Å². The molecule has 2 aromatic carbocycles. The van der Waals surface area contributed by atoms with Crippen molar-refractivity contribution in [2.45, 2.75) is 90.9 Å². The lowest BCUT2D eigenvalue weighted by molar-refractivity contribution is -0.138. The topological polar surface area (TPSA) is 91.3 Å². The molecule has 1 fully saturated rings. The van der Waals surface area contributed by atoms with E-state index in [9.17, 15) is 18.4 Å². The zero-order chi connectivity index (χ0) is 31.4. The standard InChI is InChI=1S/C34H44F2N6O2/c1-5-8-29(39-25-12-11-22-15-24(35)16-28(36)27(22)17-25)32(43)40-31-20-42(21-38-31)30-10-7-6-9-23(30)18-37-26-13-14-41(19-26)33(44)34(2,3)4/h6-7,9-10,15-16,20-21,25-26,29,37,39H,5,8,11-14,17-19H2,1-4H3,(H,40,43)/t25?,26?,29-/m0/s1. The summed E-state index contributed by atoms with van der Waals surface area (Å²) < 4.78 is 30.0. The second-order valence-electron chi connectivity index (χ2n) is 13.1. The van der Waals surface area contributed by atoms with Crippen LogP contribution in [0.3, 0.4) is 0 Å². The number of aromatic nitrogens is 2. The Kier molecular flexibility index (Phi) is 9.80. The van der Waals surface area contributed by atoms with E-state index < -0.39 is 17.7 Å². The number of carbonyl (C=O) groups is 2. The molecule has 1 aliphatic heterocycles. The maximum atomic E-state index is 14.4. The summed E-state index contributed by atoms with van der Waals surface area (Å²) in [6.07, 6.45) is 7.51. The van der Waals surface area contributed by atoms with E-state index in [4.69, 9.17) is 0 Å². The van der Waals surface area contributed by atoms with Gasteiger partial charge < -0.3 is 25.4 Å². The molecule has 3 aromatic rings. The molecule has 0 saturated carbocycles. The van der Waals surface area contributed by atoms with Crippen LogP contribution >= 0.6 is 0 Å². The summed E-state index contributed by atoms with van der Waals surface area (Å²) in [6, 6.07) is 10.1. The number of hydrogen-bond acceptors (Lipinski definition) is 5. The van der Waals surface area contributed by atoms with Gasteiger partial charge in [0.2, 0.25) is 11.8 Å². The van der Waals surface area contributed by atoms with Crippen LogP contribution in [-0.2, 0) is 29.0 Å². The molecule has 0 radical (unpaired) electrons. The molecular formula is C34H44F2N6O2. The van der Waals surface area contributed by atoms with Crippen LogP contribution in [0.4, 0.5) is 14.6 Å². The van der Waals surface area contributed by atoms with Crippen LogP contribution in [0.2, 0.25) is 0 Å². The number of hydrogen-bond donors (Lipinski definition) is 3. The SMILES string of the molecule is CCC[C@H](NC1CCc2cc(F)cc(F)c2C1)C(=O)Nc1cn(-c2ccccc2CNC2CCN(C(=O)C(C)(C)C)C2)cn1. The number of amides is 2. The van der Waals surface area contributed by atoms with E-state index in [-0.39, 0.29) is 29.3 Å². The summed E-state index contributed by atoms with van der Waals surface area (Å²) in [5, 5.41) is 10.0. The summed E-state index contributed by atoms with van der Waals surface area (Å²) in [7, 11) is 0. The smallest absolute Gasteiger partial charge is 0.242 e. The number of nitrogens with one attached hydrogen (secondary N) is 3. The number of fused-ring (bicyclic) bond motifs is 1. The molecule has 0 spiro atoms. The molecule has 0 bridgehead atoms. The van der Waals surface area contributed by atoms with E-state index >= 15 is 0 Å². The lowest BCUT2D eigenvalue weighted by Gasteiger charge is -2.29. The molecule has 8 nitrogen and oxygen atoms in total. The summed E-state index contributed by atoms with van der Waals surface area (Å²) >= 11 is 0. The molecule has 5 rings (SSSR count). The van der Waals surface area contributed by atoms with Crippen molar-refractivity contribution >= 4 is 17.6 Å². The largest absolute Gasteiger partial charge is 0.341 e. The van der Waals surface area contributed by atoms with Gasteiger partial charge in [-0.05, 0) is 60.9 Å².